The fraction of sp³-hybridized carbons (Fsp3) is 0.583. The zero-order chi connectivity index (χ0) is 12.7. The normalized spacial score (nSPS) is 10.5. The Morgan fingerprint density at radius 2 is 2.35 bits per heavy atom. The van der Waals surface area contributed by atoms with E-state index in [0.717, 1.165) is 47.6 Å². The van der Waals surface area contributed by atoms with E-state index in [1.165, 1.54) is 0 Å². The van der Waals surface area contributed by atoms with Gasteiger partial charge in [-0.25, -0.2) is 0 Å². The Labute approximate surface area is 112 Å². The molecule has 1 heterocycles. The zero-order valence-electron chi connectivity index (χ0n) is 10.3. The summed E-state index contributed by atoms with van der Waals surface area (Å²) in [5.74, 6) is 4.39. The number of aromatic nitrogens is 2. The highest BCUT2D eigenvalue weighted by Crippen LogP contribution is 2.19. The number of halogens is 1. The Kier molecular flexibility index (Phi) is 6.49. The molecule has 3 nitrogen and oxygen atoms in total. The Hall–Kier alpha value is -0.630. The second-order valence-electron chi connectivity index (χ2n) is 3.60. The first-order valence-corrected chi connectivity index (χ1v) is 7.17. The van der Waals surface area contributed by atoms with Crippen LogP contribution in [0.5, 0.6) is 0 Å². The molecule has 0 atom stereocenters. The second kappa shape index (κ2) is 7.65. The first-order valence-electron chi connectivity index (χ1n) is 5.64. The van der Waals surface area contributed by atoms with Gasteiger partial charge < -0.3 is 5.32 Å². The van der Waals surface area contributed by atoms with Crippen LogP contribution in [-0.4, -0.2) is 27.8 Å². The fourth-order valence-corrected chi connectivity index (χ4v) is 2.27. The topological polar surface area (TPSA) is 29.9 Å². The van der Waals surface area contributed by atoms with Crippen LogP contribution in [0, 0.1) is 19.3 Å². The van der Waals surface area contributed by atoms with E-state index in [1.807, 2.05) is 11.6 Å². The summed E-state index contributed by atoms with van der Waals surface area (Å²) in [4.78, 5) is 0. The van der Waals surface area contributed by atoms with Gasteiger partial charge in [0.05, 0.1) is 22.2 Å². The zero-order valence-corrected chi connectivity index (χ0v) is 11.9. The summed E-state index contributed by atoms with van der Waals surface area (Å²) in [6.07, 6.45) is 5.17. The summed E-state index contributed by atoms with van der Waals surface area (Å²) in [7, 11) is 0. The summed E-state index contributed by atoms with van der Waals surface area (Å²) in [6.45, 7) is 6.52. The fourth-order valence-electron chi connectivity index (χ4n) is 1.52. The summed E-state index contributed by atoms with van der Waals surface area (Å²) < 4.78 is 1.94. The Morgan fingerprint density at radius 3 is 3.00 bits per heavy atom. The van der Waals surface area contributed by atoms with Crippen molar-refractivity contribution < 1.29 is 0 Å². The van der Waals surface area contributed by atoms with E-state index in [9.17, 15) is 0 Å². The van der Waals surface area contributed by atoms with Crippen LogP contribution < -0.4 is 5.32 Å². The van der Waals surface area contributed by atoms with Crippen molar-refractivity contribution in [3.8, 4) is 12.3 Å². The SMILES string of the molecule is C#CCSCCNCc1c(Cl)c(C)nn1CC. The lowest BCUT2D eigenvalue weighted by molar-refractivity contribution is 0.588. The molecule has 0 saturated heterocycles. The lowest BCUT2D eigenvalue weighted by Crippen LogP contribution is -2.19. The van der Waals surface area contributed by atoms with Crippen molar-refractivity contribution in [1.82, 2.24) is 15.1 Å². The van der Waals surface area contributed by atoms with E-state index in [4.69, 9.17) is 18.0 Å². The average molecular weight is 272 g/mol. The average Bonchev–Trinajstić information content (AvgIpc) is 2.60. The minimum atomic E-state index is 0.754. The molecule has 0 unspecified atom stereocenters. The molecular formula is C12H18ClN3S. The predicted octanol–water partition coefficient (Wildman–Crippen LogP) is 2.32. The number of nitrogens with one attached hydrogen (secondary N) is 1. The van der Waals surface area contributed by atoms with Crippen molar-refractivity contribution in [3.05, 3.63) is 16.4 Å². The van der Waals surface area contributed by atoms with Crippen LogP contribution >= 0.6 is 23.4 Å². The van der Waals surface area contributed by atoms with Crippen LogP contribution in [0.3, 0.4) is 0 Å². The number of hydrogen-bond donors (Lipinski definition) is 1. The van der Waals surface area contributed by atoms with Crippen molar-refractivity contribution in [2.75, 3.05) is 18.1 Å². The lowest BCUT2D eigenvalue weighted by atomic mass is 10.3. The molecular weight excluding hydrogens is 254 g/mol. The molecule has 0 radical (unpaired) electrons. The summed E-state index contributed by atoms with van der Waals surface area (Å²) in [5.41, 5.74) is 1.96. The van der Waals surface area contributed by atoms with Crippen LogP contribution in [-0.2, 0) is 13.1 Å². The van der Waals surface area contributed by atoms with Gasteiger partial charge in [-0.1, -0.05) is 17.5 Å². The van der Waals surface area contributed by atoms with Gasteiger partial charge in [0, 0.05) is 25.4 Å². The van der Waals surface area contributed by atoms with Crippen molar-refractivity contribution in [2.24, 2.45) is 0 Å². The number of thioether (sulfide) groups is 1. The van der Waals surface area contributed by atoms with Crippen LogP contribution in [0.15, 0.2) is 0 Å². The quantitative estimate of drug-likeness (QED) is 0.610. The third kappa shape index (κ3) is 4.27. The largest absolute Gasteiger partial charge is 0.310 e. The molecule has 0 fully saturated rings. The third-order valence-corrected chi connectivity index (χ3v) is 3.71. The predicted molar refractivity (Wildman–Crippen MR) is 75.5 cm³/mol. The van der Waals surface area contributed by atoms with Crippen molar-refractivity contribution in [3.63, 3.8) is 0 Å². The second-order valence-corrected chi connectivity index (χ2v) is 5.08. The number of nitrogens with zero attached hydrogens (tertiary/aromatic N) is 2. The van der Waals surface area contributed by atoms with Crippen molar-refractivity contribution in [1.29, 1.82) is 0 Å². The van der Waals surface area contributed by atoms with E-state index in [-0.39, 0.29) is 0 Å². The highest BCUT2D eigenvalue weighted by molar-refractivity contribution is 7.99. The van der Waals surface area contributed by atoms with Gasteiger partial charge in [-0.05, 0) is 13.8 Å². The van der Waals surface area contributed by atoms with E-state index < -0.39 is 0 Å². The first kappa shape index (κ1) is 14.4. The molecule has 0 saturated carbocycles. The maximum atomic E-state index is 6.20. The summed E-state index contributed by atoms with van der Waals surface area (Å²) in [6, 6.07) is 0. The van der Waals surface area contributed by atoms with Gasteiger partial charge in [0.25, 0.3) is 0 Å². The van der Waals surface area contributed by atoms with E-state index in [0.29, 0.717) is 0 Å². The number of terminal acetylenes is 1. The first-order chi connectivity index (χ1) is 8.20. The molecule has 5 heteroatoms. The maximum Gasteiger partial charge on any atom is 0.0860 e. The van der Waals surface area contributed by atoms with Crippen molar-refractivity contribution >= 4 is 23.4 Å². The molecule has 0 spiro atoms. The molecule has 1 aromatic rings. The molecule has 94 valence electrons. The third-order valence-electron chi connectivity index (χ3n) is 2.35. The van der Waals surface area contributed by atoms with Gasteiger partial charge in [-0.2, -0.15) is 5.10 Å². The molecule has 0 aliphatic heterocycles. The highest BCUT2D eigenvalue weighted by atomic mass is 35.5. The molecule has 0 bridgehead atoms. The molecule has 1 rings (SSSR count). The molecule has 1 N–H and O–H groups in total. The van der Waals surface area contributed by atoms with Crippen LogP contribution in [0.25, 0.3) is 0 Å². The summed E-state index contributed by atoms with van der Waals surface area (Å²) in [5, 5.41) is 8.50. The van der Waals surface area contributed by atoms with E-state index in [2.05, 4.69) is 23.3 Å². The van der Waals surface area contributed by atoms with Gasteiger partial charge in [-0.15, -0.1) is 18.2 Å². The van der Waals surface area contributed by atoms with Gasteiger partial charge in [0.1, 0.15) is 0 Å². The van der Waals surface area contributed by atoms with Gasteiger partial charge in [0.15, 0.2) is 0 Å². The molecule has 17 heavy (non-hydrogen) atoms. The number of hydrogen-bond acceptors (Lipinski definition) is 3. The number of rotatable bonds is 7. The molecule has 0 aliphatic rings. The van der Waals surface area contributed by atoms with E-state index in [1.54, 1.807) is 11.8 Å². The van der Waals surface area contributed by atoms with Gasteiger partial charge >= 0.3 is 0 Å². The Bertz CT molecular complexity index is 395. The Morgan fingerprint density at radius 1 is 1.59 bits per heavy atom. The molecule has 0 aromatic carbocycles. The van der Waals surface area contributed by atoms with Crippen LogP contribution in [0.4, 0.5) is 0 Å². The standard InChI is InChI=1S/C12H18ClN3S/c1-4-7-17-8-6-14-9-11-12(13)10(3)15-16(11)5-2/h1,14H,5-9H2,2-3H3. The van der Waals surface area contributed by atoms with Gasteiger partial charge in [-0.3, -0.25) is 4.68 Å². The van der Waals surface area contributed by atoms with Crippen molar-refractivity contribution in [2.45, 2.75) is 26.9 Å². The van der Waals surface area contributed by atoms with Gasteiger partial charge in [0.2, 0.25) is 0 Å². The lowest BCUT2D eigenvalue weighted by Gasteiger charge is -2.06. The van der Waals surface area contributed by atoms with Crippen LogP contribution in [0.2, 0.25) is 5.02 Å². The summed E-state index contributed by atoms with van der Waals surface area (Å²) >= 11 is 7.95. The monoisotopic (exact) mass is 271 g/mol. The Balaban J connectivity index is 2.38. The smallest absolute Gasteiger partial charge is 0.0860 e. The number of aryl methyl sites for hydroxylation is 2. The molecule has 0 aliphatic carbocycles. The molecule has 1 aromatic heterocycles. The maximum absolute atomic E-state index is 6.20. The minimum Gasteiger partial charge on any atom is -0.310 e. The minimum absolute atomic E-state index is 0.754. The highest BCUT2D eigenvalue weighted by Gasteiger charge is 2.11. The van der Waals surface area contributed by atoms with E-state index >= 15 is 0 Å². The van der Waals surface area contributed by atoms with Crippen LogP contribution in [0.1, 0.15) is 18.3 Å². The molecule has 0 amide bonds.